The minimum atomic E-state index is 0.427. The van der Waals surface area contributed by atoms with Gasteiger partial charge in [-0.3, -0.25) is 4.98 Å². The minimum Gasteiger partial charge on any atom is -0.383 e. The summed E-state index contributed by atoms with van der Waals surface area (Å²) in [4.78, 5) is 13.2. The van der Waals surface area contributed by atoms with Crippen LogP contribution in [0.25, 0.3) is 33.1 Å². The zero-order valence-corrected chi connectivity index (χ0v) is 14.3. The van der Waals surface area contributed by atoms with E-state index in [0.29, 0.717) is 17.8 Å². The van der Waals surface area contributed by atoms with Crippen LogP contribution < -0.4 is 11.5 Å². The molecule has 3 aromatic heterocycles. The molecule has 5 rings (SSSR count). The normalized spacial score (nSPS) is 19.7. The molecule has 0 saturated heterocycles. The zero-order valence-electron chi connectivity index (χ0n) is 14.3. The van der Waals surface area contributed by atoms with Crippen LogP contribution in [0.2, 0.25) is 0 Å². The molecule has 1 aliphatic rings. The smallest absolute Gasteiger partial charge is 0.146 e. The Morgan fingerprint density at radius 1 is 1.12 bits per heavy atom. The van der Waals surface area contributed by atoms with Crippen molar-refractivity contribution in [1.29, 1.82) is 0 Å². The third-order valence-corrected chi connectivity index (χ3v) is 5.49. The van der Waals surface area contributed by atoms with E-state index in [2.05, 4.69) is 43.9 Å². The minimum absolute atomic E-state index is 0.427. The molecular weight excluding hydrogens is 324 g/mol. The first-order valence-electron chi connectivity index (χ1n) is 8.91. The van der Waals surface area contributed by atoms with Crippen molar-refractivity contribution in [3.63, 3.8) is 0 Å². The van der Waals surface area contributed by atoms with E-state index >= 15 is 0 Å². The van der Waals surface area contributed by atoms with Gasteiger partial charge in [0, 0.05) is 29.4 Å². The Morgan fingerprint density at radius 3 is 2.85 bits per heavy atom. The maximum Gasteiger partial charge on any atom is 0.146 e. The highest BCUT2D eigenvalue weighted by atomic mass is 15.1. The molecule has 0 spiro atoms. The summed E-state index contributed by atoms with van der Waals surface area (Å²) in [6.07, 6.45) is 7.70. The molecule has 6 heteroatoms. The lowest BCUT2D eigenvalue weighted by Gasteiger charge is -2.35. The van der Waals surface area contributed by atoms with Crippen molar-refractivity contribution in [2.24, 2.45) is 11.7 Å². The second-order valence-corrected chi connectivity index (χ2v) is 7.05. The molecule has 1 aromatic carbocycles. The number of nitrogens with two attached hydrogens (primary N) is 2. The molecule has 0 bridgehead atoms. The van der Waals surface area contributed by atoms with Crippen LogP contribution in [0.4, 0.5) is 5.82 Å². The summed E-state index contributed by atoms with van der Waals surface area (Å²) in [5, 5.41) is 2.03. The molecule has 3 heterocycles. The van der Waals surface area contributed by atoms with Crippen LogP contribution in [-0.2, 0) is 0 Å². The molecule has 1 fully saturated rings. The van der Waals surface area contributed by atoms with Crippen molar-refractivity contribution in [3.05, 3.63) is 49.1 Å². The maximum atomic E-state index is 6.24. The highest BCUT2D eigenvalue weighted by Crippen LogP contribution is 2.42. The van der Waals surface area contributed by atoms with Crippen LogP contribution >= 0.6 is 0 Å². The fourth-order valence-electron chi connectivity index (χ4n) is 3.97. The van der Waals surface area contributed by atoms with Gasteiger partial charge in [-0.1, -0.05) is 12.1 Å². The molecule has 26 heavy (non-hydrogen) atoms. The number of hydrogen-bond acceptors (Lipinski definition) is 5. The van der Waals surface area contributed by atoms with Crippen LogP contribution in [0.1, 0.15) is 18.9 Å². The molecule has 130 valence electrons. The first kappa shape index (κ1) is 15.3. The summed E-state index contributed by atoms with van der Waals surface area (Å²) in [6.45, 7) is 0.747. The van der Waals surface area contributed by atoms with E-state index in [9.17, 15) is 0 Å². The van der Waals surface area contributed by atoms with Gasteiger partial charge < -0.3 is 16.0 Å². The van der Waals surface area contributed by atoms with E-state index in [1.807, 2.05) is 18.3 Å². The summed E-state index contributed by atoms with van der Waals surface area (Å²) < 4.78 is 2.25. The predicted octanol–water partition coefficient (Wildman–Crippen LogP) is 3.14. The van der Waals surface area contributed by atoms with E-state index in [4.69, 9.17) is 11.5 Å². The average Bonchev–Trinajstić information content (AvgIpc) is 3.01. The first-order chi connectivity index (χ1) is 12.7. The van der Waals surface area contributed by atoms with Crippen molar-refractivity contribution in [2.45, 2.75) is 18.9 Å². The third-order valence-electron chi connectivity index (χ3n) is 5.49. The van der Waals surface area contributed by atoms with E-state index < -0.39 is 0 Å². The molecule has 0 aliphatic heterocycles. The molecule has 4 N–H and O–H groups in total. The monoisotopic (exact) mass is 344 g/mol. The van der Waals surface area contributed by atoms with Gasteiger partial charge in [-0.05, 0) is 49.1 Å². The van der Waals surface area contributed by atoms with E-state index in [-0.39, 0.29) is 0 Å². The Bertz CT molecular complexity index is 1110. The molecule has 0 unspecified atom stereocenters. The van der Waals surface area contributed by atoms with E-state index in [1.165, 1.54) is 0 Å². The number of nitrogens with zero attached hydrogens (tertiary/aromatic N) is 4. The number of hydrogen-bond donors (Lipinski definition) is 2. The van der Waals surface area contributed by atoms with Crippen molar-refractivity contribution in [3.8, 4) is 11.1 Å². The van der Waals surface area contributed by atoms with Gasteiger partial charge in [-0.15, -0.1) is 0 Å². The number of nitrogen functional groups attached to an aromatic ring is 1. The Kier molecular flexibility index (Phi) is 3.39. The Morgan fingerprint density at radius 2 is 2.00 bits per heavy atom. The highest BCUT2D eigenvalue weighted by molar-refractivity contribution is 6.02. The van der Waals surface area contributed by atoms with Crippen molar-refractivity contribution < 1.29 is 0 Å². The average molecular weight is 344 g/mol. The fraction of sp³-hybridized carbons (Fsp3) is 0.250. The van der Waals surface area contributed by atoms with Crippen molar-refractivity contribution in [2.75, 3.05) is 12.3 Å². The van der Waals surface area contributed by atoms with Crippen LogP contribution in [0, 0.1) is 5.92 Å². The Balaban J connectivity index is 1.69. The van der Waals surface area contributed by atoms with Gasteiger partial charge in [-0.2, -0.15) is 0 Å². The SMILES string of the molecule is NCC1CC(n2cc(-c3ccc4ncccc4c3)c3c(N)ncnc32)C1. The molecule has 6 nitrogen and oxygen atoms in total. The molecular formula is C20H20N6. The first-order valence-corrected chi connectivity index (χ1v) is 8.91. The van der Waals surface area contributed by atoms with E-state index in [1.54, 1.807) is 6.33 Å². The number of aromatic nitrogens is 4. The standard InChI is InChI=1S/C20H20N6/c21-9-12-6-15(7-12)26-10-16(18-19(22)24-11-25-20(18)26)13-3-4-17-14(8-13)2-1-5-23-17/h1-5,8,10-12,15H,6-7,9,21H2,(H2,22,24,25). The molecule has 1 aliphatic carbocycles. The summed E-state index contributed by atoms with van der Waals surface area (Å²) >= 11 is 0. The predicted molar refractivity (Wildman–Crippen MR) is 103 cm³/mol. The highest BCUT2D eigenvalue weighted by Gasteiger charge is 2.31. The second kappa shape index (κ2) is 5.78. The molecule has 0 radical (unpaired) electrons. The van der Waals surface area contributed by atoms with Crippen LogP contribution in [0.15, 0.2) is 49.1 Å². The van der Waals surface area contributed by atoms with Crippen LogP contribution in [0.5, 0.6) is 0 Å². The molecule has 0 amide bonds. The van der Waals surface area contributed by atoms with Crippen molar-refractivity contribution in [1.82, 2.24) is 19.5 Å². The largest absolute Gasteiger partial charge is 0.383 e. The second-order valence-electron chi connectivity index (χ2n) is 7.05. The number of benzene rings is 1. The topological polar surface area (TPSA) is 95.6 Å². The Hall–Kier alpha value is -2.99. The van der Waals surface area contributed by atoms with Gasteiger partial charge in [0.05, 0.1) is 10.9 Å². The lowest BCUT2D eigenvalue weighted by atomic mass is 9.80. The summed E-state index contributed by atoms with van der Waals surface area (Å²) in [5.41, 5.74) is 16.1. The third kappa shape index (κ3) is 2.26. The summed E-state index contributed by atoms with van der Waals surface area (Å²) in [6, 6.07) is 10.7. The van der Waals surface area contributed by atoms with E-state index in [0.717, 1.165) is 52.4 Å². The summed E-state index contributed by atoms with van der Waals surface area (Å²) in [7, 11) is 0. The van der Waals surface area contributed by atoms with Crippen LogP contribution in [-0.4, -0.2) is 26.1 Å². The molecule has 0 atom stereocenters. The number of anilines is 1. The number of fused-ring (bicyclic) bond motifs is 2. The molecule has 4 aromatic rings. The van der Waals surface area contributed by atoms with Gasteiger partial charge in [0.2, 0.25) is 0 Å². The fourth-order valence-corrected chi connectivity index (χ4v) is 3.97. The van der Waals surface area contributed by atoms with Crippen molar-refractivity contribution >= 4 is 27.8 Å². The summed E-state index contributed by atoms with van der Waals surface area (Å²) in [5.74, 6) is 1.12. The lowest BCUT2D eigenvalue weighted by molar-refractivity contribution is 0.209. The van der Waals surface area contributed by atoms with Gasteiger partial charge in [-0.25, -0.2) is 9.97 Å². The quantitative estimate of drug-likeness (QED) is 0.595. The zero-order chi connectivity index (χ0) is 17.7. The maximum absolute atomic E-state index is 6.24. The molecule has 1 saturated carbocycles. The van der Waals surface area contributed by atoms with Gasteiger partial charge in [0.25, 0.3) is 0 Å². The lowest BCUT2D eigenvalue weighted by Crippen LogP contribution is -2.31. The number of pyridine rings is 1. The Labute approximate surface area is 150 Å². The van der Waals surface area contributed by atoms with Crippen LogP contribution in [0.3, 0.4) is 0 Å². The van der Waals surface area contributed by atoms with Gasteiger partial charge in [0.15, 0.2) is 0 Å². The number of rotatable bonds is 3. The van der Waals surface area contributed by atoms with Gasteiger partial charge in [0.1, 0.15) is 17.8 Å². The van der Waals surface area contributed by atoms with Gasteiger partial charge >= 0.3 is 0 Å².